The maximum atomic E-state index is 14.8. The molecule has 0 unspecified atom stereocenters. The van der Waals surface area contributed by atoms with E-state index in [1.54, 1.807) is 36.7 Å². The highest BCUT2D eigenvalue weighted by Gasteiger charge is 2.36. The van der Waals surface area contributed by atoms with Crippen LogP contribution in [0.1, 0.15) is 6.42 Å². The minimum atomic E-state index is -3.73. The molecule has 0 saturated carbocycles. The number of sulfonamides is 1. The van der Waals surface area contributed by atoms with Gasteiger partial charge in [0.15, 0.2) is 5.16 Å². The van der Waals surface area contributed by atoms with Crippen molar-refractivity contribution in [2.45, 2.75) is 22.6 Å². The van der Waals surface area contributed by atoms with Gasteiger partial charge in [-0.05, 0) is 30.7 Å². The maximum Gasteiger partial charge on any atom is 0.243 e. The van der Waals surface area contributed by atoms with Crippen molar-refractivity contribution < 1.29 is 12.8 Å². The van der Waals surface area contributed by atoms with Crippen molar-refractivity contribution in [3.8, 4) is 0 Å². The van der Waals surface area contributed by atoms with Gasteiger partial charge in [0.25, 0.3) is 0 Å². The molecule has 0 spiro atoms. The van der Waals surface area contributed by atoms with E-state index in [2.05, 4.69) is 9.97 Å². The number of fused-ring (bicyclic) bond motifs is 1. The summed E-state index contributed by atoms with van der Waals surface area (Å²) in [7, 11) is -1.83. The molecule has 0 amide bonds. The summed E-state index contributed by atoms with van der Waals surface area (Å²) >= 11 is 1.51. The molecule has 1 saturated heterocycles. The van der Waals surface area contributed by atoms with E-state index in [1.807, 2.05) is 23.9 Å². The number of imidazole rings is 1. The summed E-state index contributed by atoms with van der Waals surface area (Å²) in [5.74, 6) is 0.399. The number of hydrogen-bond acceptors (Lipinski definition) is 5. The van der Waals surface area contributed by atoms with Gasteiger partial charge in [-0.3, -0.25) is 4.98 Å². The number of thioether (sulfide) groups is 1. The predicted molar refractivity (Wildman–Crippen MR) is 107 cm³/mol. The Morgan fingerprint density at radius 3 is 2.86 bits per heavy atom. The standard InChI is InChI=1S/C19H21FN4O2S2/c1-23-10-8-22-19(23)27-13-15-6-9-24(12-17(15)20)28(25,26)16-4-5-18-14(11-16)3-2-7-21-18/h2-5,7-8,10-11,15,17H,6,9,12-13H2,1H3/t15-,17+/m0/s1. The number of piperidine rings is 1. The molecule has 2 atom stereocenters. The van der Waals surface area contributed by atoms with Gasteiger partial charge in [0.1, 0.15) is 6.17 Å². The zero-order valence-electron chi connectivity index (χ0n) is 15.4. The normalized spacial score (nSPS) is 21.2. The molecule has 0 radical (unpaired) electrons. The smallest absolute Gasteiger partial charge is 0.243 e. The third kappa shape index (κ3) is 3.78. The van der Waals surface area contributed by atoms with Crippen molar-refractivity contribution in [2.75, 3.05) is 18.8 Å². The molecule has 0 aliphatic carbocycles. The Kier molecular flexibility index (Phi) is 5.39. The third-order valence-corrected chi connectivity index (χ3v) is 8.16. The summed E-state index contributed by atoms with van der Waals surface area (Å²) in [6.07, 6.45) is 4.52. The van der Waals surface area contributed by atoms with Crippen LogP contribution in [0, 0.1) is 5.92 Å². The van der Waals surface area contributed by atoms with E-state index in [4.69, 9.17) is 0 Å². The van der Waals surface area contributed by atoms with Crippen molar-refractivity contribution in [2.24, 2.45) is 13.0 Å². The molecule has 3 heterocycles. The van der Waals surface area contributed by atoms with Gasteiger partial charge in [0.2, 0.25) is 10.0 Å². The predicted octanol–water partition coefficient (Wildman–Crippen LogP) is 3.11. The minimum absolute atomic E-state index is 0.112. The van der Waals surface area contributed by atoms with Gasteiger partial charge in [-0.25, -0.2) is 17.8 Å². The van der Waals surface area contributed by atoms with Crippen LogP contribution in [-0.2, 0) is 17.1 Å². The first-order chi connectivity index (χ1) is 13.4. The van der Waals surface area contributed by atoms with Crippen molar-refractivity contribution in [1.29, 1.82) is 0 Å². The number of pyridine rings is 1. The largest absolute Gasteiger partial charge is 0.329 e. The summed E-state index contributed by atoms with van der Waals surface area (Å²) in [5.41, 5.74) is 0.731. The van der Waals surface area contributed by atoms with Gasteiger partial charge in [0, 0.05) is 55.8 Å². The fourth-order valence-corrected chi connectivity index (χ4v) is 6.00. The average molecular weight is 421 g/mol. The molecule has 6 nitrogen and oxygen atoms in total. The Balaban J connectivity index is 1.45. The Hall–Kier alpha value is -1.97. The molecule has 4 rings (SSSR count). The highest BCUT2D eigenvalue weighted by atomic mass is 32.2. The van der Waals surface area contributed by atoms with E-state index >= 15 is 0 Å². The van der Waals surface area contributed by atoms with Crippen LogP contribution in [0.2, 0.25) is 0 Å². The fraction of sp³-hybridized carbons (Fsp3) is 0.368. The molecule has 148 valence electrons. The lowest BCUT2D eigenvalue weighted by Gasteiger charge is -2.33. The van der Waals surface area contributed by atoms with Crippen molar-refractivity contribution in [3.05, 3.63) is 48.9 Å². The molecule has 1 aliphatic heterocycles. The monoisotopic (exact) mass is 420 g/mol. The van der Waals surface area contributed by atoms with Gasteiger partial charge >= 0.3 is 0 Å². The zero-order valence-corrected chi connectivity index (χ0v) is 17.0. The van der Waals surface area contributed by atoms with Gasteiger partial charge in [-0.1, -0.05) is 17.8 Å². The van der Waals surface area contributed by atoms with Crippen molar-refractivity contribution in [3.63, 3.8) is 0 Å². The molecule has 28 heavy (non-hydrogen) atoms. The molecule has 0 N–H and O–H groups in total. The number of hydrogen-bond donors (Lipinski definition) is 0. The summed E-state index contributed by atoms with van der Waals surface area (Å²) in [6.45, 7) is 0.207. The zero-order chi connectivity index (χ0) is 19.7. The lowest BCUT2D eigenvalue weighted by atomic mass is 9.98. The van der Waals surface area contributed by atoms with Gasteiger partial charge in [0.05, 0.1) is 10.4 Å². The van der Waals surface area contributed by atoms with Crippen LogP contribution in [-0.4, -0.2) is 52.3 Å². The molecule has 1 aliphatic rings. The quantitative estimate of drug-likeness (QED) is 0.594. The maximum absolute atomic E-state index is 14.8. The van der Waals surface area contributed by atoms with E-state index in [9.17, 15) is 12.8 Å². The Morgan fingerprint density at radius 1 is 1.25 bits per heavy atom. The number of rotatable bonds is 5. The van der Waals surface area contributed by atoms with Gasteiger partial charge in [-0.2, -0.15) is 4.31 Å². The second-order valence-electron chi connectivity index (χ2n) is 6.92. The summed E-state index contributed by atoms with van der Waals surface area (Å²) < 4.78 is 43.9. The van der Waals surface area contributed by atoms with E-state index in [-0.39, 0.29) is 17.4 Å². The average Bonchev–Trinajstić information content (AvgIpc) is 3.11. The molecule has 2 aromatic heterocycles. The molecule has 0 bridgehead atoms. The van der Waals surface area contributed by atoms with Gasteiger partial charge < -0.3 is 4.57 Å². The van der Waals surface area contributed by atoms with E-state index in [1.165, 1.54) is 16.1 Å². The second-order valence-corrected chi connectivity index (χ2v) is 9.84. The highest BCUT2D eigenvalue weighted by molar-refractivity contribution is 7.99. The number of aromatic nitrogens is 3. The third-order valence-electron chi connectivity index (χ3n) is 5.05. The van der Waals surface area contributed by atoms with Crippen LogP contribution in [0.4, 0.5) is 4.39 Å². The molecule has 3 aromatic rings. The lowest BCUT2D eigenvalue weighted by molar-refractivity contribution is 0.146. The van der Waals surface area contributed by atoms with Crippen LogP contribution >= 0.6 is 11.8 Å². The fourth-order valence-electron chi connectivity index (χ4n) is 3.37. The first-order valence-corrected chi connectivity index (χ1v) is 11.5. The first kappa shape index (κ1) is 19.4. The molecular weight excluding hydrogens is 399 g/mol. The Labute approximate surface area is 167 Å². The SMILES string of the molecule is Cn1ccnc1SC[C@@H]1CCN(S(=O)(=O)c2ccc3ncccc3c2)C[C@H]1F. The summed E-state index contributed by atoms with van der Waals surface area (Å²) in [5, 5.41) is 1.59. The topological polar surface area (TPSA) is 68.1 Å². The number of aryl methyl sites for hydroxylation is 1. The lowest BCUT2D eigenvalue weighted by Crippen LogP contribution is -2.45. The summed E-state index contributed by atoms with van der Waals surface area (Å²) in [6, 6.07) is 8.42. The van der Waals surface area contributed by atoms with Crippen molar-refractivity contribution >= 4 is 32.7 Å². The molecular formula is C19H21FN4O2S2. The van der Waals surface area contributed by atoms with Crippen LogP contribution < -0.4 is 0 Å². The van der Waals surface area contributed by atoms with Crippen LogP contribution in [0.15, 0.2) is 59.0 Å². The Morgan fingerprint density at radius 2 is 2.11 bits per heavy atom. The highest BCUT2D eigenvalue weighted by Crippen LogP contribution is 2.30. The first-order valence-electron chi connectivity index (χ1n) is 9.04. The minimum Gasteiger partial charge on any atom is -0.329 e. The second kappa shape index (κ2) is 7.81. The molecule has 1 aromatic carbocycles. The molecule has 1 fully saturated rings. The number of alkyl halides is 1. The van der Waals surface area contributed by atoms with E-state index in [0.29, 0.717) is 18.7 Å². The number of nitrogens with zero attached hydrogens (tertiary/aromatic N) is 4. The number of benzene rings is 1. The van der Waals surface area contributed by atoms with Gasteiger partial charge in [-0.15, -0.1) is 0 Å². The molecule has 9 heteroatoms. The van der Waals surface area contributed by atoms with Crippen molar-refractivity contribution in [1.82, 2.24) is 18.8 Å². The van der Waals surface area contributed by atoms with Crippen LogP contribution in [0.25, 0.3) is 10.9 Å². The van der Waals surface area contributed by atoms with E-state index < -0.39 is 16.2 Å². The summed E-state index contributed by atoms with van der Waals surface area (Å²) in [4.78, 5) is 8.63. The van der Waals surface area contributed by atoms with E-state index in [0.717, 1.165) is 16.1 Å². The number of halogens is 1. The van der Waals surface area contributed by atoms with Crippen LogP contribution in [0.3, 0.4) is 0 Å². The Bertz CT molecular complexity index is 1090. The van der Waals surface area contributed by atoms with Crippen LogP contribution in [0.5, 0.6) is 0 Å².